The van der Waals surface area contributed by atoms with Crippen LogP contribution in [0.2, 0.25) is 0 Å². The van der Waals surface area contributed by atoms with Crippen molar-refractivity contribution in [1.29, 1.82) is 0 Å². The molecule has 0 spiro atoms. The maximum atomic E-state index is 12.3. The van der Waals surface area contributed by atoms with E-state index in [4.69, 9.17) is 0 Å². The van der Waals surface area contributed by atoms with Gasteiger partial charge in [-0.25, -0.2) is 0 Å². The maximum absolute atomic E-state index is 12.3. The van der Waals surface area contributed by atoms with Crippen LogP contribution < -0.4 is 0 Å². The van der Waals surface area contributed by atoms with E-state index in [1.807, 2.05) is 30.3 Å². The number of para-hydroxylation sites is 1. The molecule has 1 N–H and O–H groups in total. The summed E-state index contributed by atoms with van der Waals surface area (Å²) in [6, 6.07) is 8.75. The number of aryl methyl sites for hydroxylation is 1. The number of aromatic nitrogens is 1. The van der Waals surface area contributed by atoms with Crippen molar-refractivity contribution < 1.29 is 4.79 Å². The van der Waals surface area contributed by atoms with Gasteiger partial charge in [-0.15, -0.1) is 0 Å². The Hall–Kier alpha value is -1.77. The Morgan fingerprint density at radius 1 is 1.30 bits per heavy atom. The average molecular weight is 270 g/mol. The van der Waals surface area contributed by atoms with Crippen LogP contribution in [0, 0.1) is 0 Å². The first-order valence-electron chi connectivity index (χ1n) is 7.56. The van der Waals surface area contributed by atoms with Gasteiger partial charge in [0.1, 0.15) is 0 Å². The van der Waals surface area contributed by atoms with E-state index in [0.717, 1.165) is 11.9 Å². The van der Waals surface area contributed by atoms with Gasteiger partial charge in [-0.1, -0.05) is 31.0 Å². The Labute approximate surface area is 120 Å². The highest BCUT2D eigenvalue weighted by Crippen LogP contribution is 2.24. The van der Waals surface area contributed by atoms with Crippen molar-refractivity contribution in [3.63, 3.8) is 0 Å². The highest BCUT2D eigenvalue weighted by molar-refractivity contribution is 5.84. The molecule has 1 aromatic heterocycles. The normalized spacial score (nSPS) is 15.8. The first-order chi connectivity index (χ1) is 9.75. The first kappa shape index (κ1) is 13.2. The molecule has 1 amide bonds. The second-order valence-electron chi connectivity index (χ2n) is 5.80. The molecule has 0 atom stereocenters. The molecule has 106 valence electrons. The molecule has 0 saturated heterocycles. The molecule has 20 heavy (non-hydrogen) atoms. The predicted octanol–water partition coefficient (Wildman–Crippen LogP) is 3.50. The van der Waals surface area contributed by atoms with Crippen LogP contribution >= 0.6 is 0 Å². The van der Waals surface area contributed by atoms with Crippen molar-refractivity contribution in [2.45, 2.75) is 44.6 Å². The fourth-order valence-corrected chi connectivity index (χ4v) is 3.25. The van der Waals surface area contributed by atoms with Gasteiger partial charge in [0.25, 0.3) is 0 Å². The molecular formula is C17H22N2O. The number of carbonyl (C=O) groups excluding carboxylic acids is 1. The van der Waals surface area contributed by atoms with Crippen LogP contribution in [0.25, 0.3) is 10.9 Å². The molecule has 2 aromatic rings. The molecule has 3 heteroatoms. The number of hydrogen-bond donors (Lipinski definition) is 1. The lowest BCUT2D eigenvalue weighted by atomic mass is 10.1. The Kier molecular flexibility index (Phi) is 3.77. The van der Waals surface area contributed by atoms with E-state index in [1.54, 1.807) is 0 Å². The monoisotopic (exact) mass is 270 g/mol. The summed E-state index contributed by atoms with van der Waals surface area (Å²) in [5.74, 6) is 0.280. The second kappa shape index (κ2) is 5.70. The van der Waals surface area contributed by atoms with Crippen molar-refractivity contribution in [3.8, 4) is 0 Å². The summed E-state index contributed by atoms with van der Waals surface area (Å²) >= 11 is 0. The zero-order valence-electron chi connectivity index (χ0n) is 12.1. The number of benzene rings is 1. The van der Waals surface area contributed by atoms with Crippen LogP contribution in [-0.4, -0.2) is 28.9 Å². The summed E-state index contributed by atoms with van der Waals surface area (Å²) in [5, 5.41) is 1.24. The fraction of sp³-hybridized carbons (Fsp3) is 0.471. The number of nitrogens with zero attached hydrogens (tertiary/aromatic N) is 1. The molecule has 1 aliphatic carbocycles. The zero-order valence-corrected chi connectivity index (χ0v) is 12.1. The number of amides is 1. The van der Waals surface area contributed by atoms with Crippen molar-refractivity contribution in [3.05, 3.63) is 36.0 Å². The van der Waals surface area contributed by atoms with Crippen molar-refractivity contribution in [2.24, 2.45) is 0 Å². The molecule has 1 aromatic carbocycles. The van der Waals surface area contributed by atoms with Gasteiger partial charge in [0, 0.05) is 36.6 Å². The quantitative estimate of drug-likeness (QED) is 0.907. The molecule has 1 saturated carbocycles. The fourth-order valence-electron chi connectivity index (χ4n) is 3.25. The number of nitrogens with one attached hydrogen (secondary N) is 1. The van der Waals surface area contributed by atoms with Crippen LogP contribution in [-0.2, 0) is 11.2 Å². The molecule has 0 bridgehead atoms. The van der Waals surface area contributed by atoms with Gasteiger partial charge >= 0.3 is 0 Å². The van der Waals surface area contributed by atoms with Crippen LogP contribution in [0.4, 0.5) is 0 Å². The Morgan fingerprint density at radius 2 is 2.05 bits per heavy atom. The number of carbonyl (C=O) groups is 1. The zero-order chi connectivity index (χ0) is 13.9. The Balaban J connectivity index is 1.62. The smallest absolute Gasteiger partial charge is 0.222 e. The van der Waals surface area contributed by atoms with E-state index >= 15 is 0 Å². The summed E-state index contributed by atoms with van der Waals surface area (Å²) in [6.07, 6.45) is 8.35. The van der Waals surface area contributed by atoms with Crippen molar-refractivity contribution in [1.82, 2.24) is 9.88 Å². The summed E-state index contributed by atoms with van der Waals surface area (Å²) in [7, 11) is 1.97. The third kappa shape index (κ3) is 2.58. The van der Waals surface area contributed by atoms with E-state index in [0.29, 0.717) is 12.5 Å². The highest BCUT2D eigenvalue weighted by Gasteiger charge is 2.23. The third-order valence-electron chi connectivity index (χ3n) is 4.55. The van der Waals surface area contributed by atoms with Gasteiger partial charge in [0.15, 0.2) is 0 Å². The highest BCUT2D eigenvalue weighted by atomic mass is 16.2. The predicted molar refractivity (Wildman–Crippen MR) is 81.6 cm³/mol. The lowest BCUT2D eigenvalue weighted by Crippen LogP contribution is -2.35. The van der Waals surface area contributed by atoms with Gasteiger partial charge < -0.3 is 9.88 Å². The van der Waals surface area contributed by atoms with Gasteiger partial charge in [-0.05, 0) is 30.9 Å². The van der Waals surface area contributed by atoms with Crippen molar-refractivity contribution >= 4 is 16.8 Å². The van der Waals surface area contributed by atoms with Crippen LogP contribution in [0.15, 0.2) is 30.5 Å². The van der Waals surface area contributed by atoms with Gasteiger partial charge in [0.05, 0.1) is 0 Å². The van der Waals surface area contributed by atoms with Gasteiger partial charge in [0.2, 0.25) is 5.91 Å². The van der Waals surface area contributed by atoms with Gasteiger partial charge in [-0.2, -0.15) is 0 Å². The summed E-state index contributed by atoms with van der Waals surface area (Å²) < 4.78 is 0. The molecule has 3 nitrogen and oxygen atoms in total. The molecule has 1 heterocycles. The molecule has 1 fully saturated rings. The molecule has 0 unspecified atom stereocenters. The SMILES string of the molecule is CN(C(=O)CCc1c[nH]c2ccccc12)C1CCCC1. The number of fused-ring (bicyclic) bond motifs is 1. The molecule has 3 rings (SSSR count). The van der Waals surface area contributed by atoms with Crippen LogP contribution in [0.1, 0.15) is 37.7 Å². The number of hydrogen-bond acceptors (Lipinski definition) is 1. The molecular weight excluding hydrogens is 248 g/mol. The lowest BCUT2D eigenvalue weighted by molar-refractivity contribution is -0.131. The molecule has 0 radical (unpaired) electrons. The summed E-state index contributed by atoms with van der Waals surface area (Å²) in [6.45, 7) is 0. The topological polar surface area (TPSA) is 36.1 Å². The summed E-state index contributed by atoms with van der Waals surface area (Å²) in [5.41, 5.74) is 2.40. The number of rotatable bonds is 4. The summed E-state index contributed by atoms with van der Waals surface area (Å²) in [4.78, 5) is 17.5. The minimum absolute atomic E-state index is 0.280. The van der Waals surface area contributed by atoms with Crippen LogP contribution in [0.3, 0.4) is 0 Å². The van der Waals surface area contributed by atoms with E-state index in [9.17, 15) is 4.79 Å². The van der Waals surface area contributed by atoms with E-state index in [-0.39, 0.29) is 5.91 Å². The Bertz CT molecular complexity index is 596. The third-order valence-corrected chi connectivity index (χ3v) is 4.55. The largest absolute Gasteiger partial charge is 0.361 e. The van der Waals surface area contributed by atoms with Crippen molar-refractivity contribution in [2.75, 3.05) is 7.05 Å². The second-order valence-corrected chi connectivity index (χ2v) is 5.80. The standard InChI is InChI=1S/C17H22N2O/c1-19(14-6-2-3-7-14)17(20)11-10-13-12-18-16-9-5-4-8-15(13)16/h4-5,8-9,12,14,18H,2-3,6-7,10-11H2,1H3. The minimum Gasteiger partial charge on any atom is -0.361 e. The Morgan fingerprint density at radius 3 is 2.85 bits per heavy atom. The molecule has 0 aliphatic heterocycles. The number of H-pyrrole nitrogens is 1. The average Bonchev–Trinajstić information content (AvgIpc) is 3.13. The lowest BCUT2D eigenvalue weighted by Gasteiger charge is -2.24. The van der Waals surface area contributed by atoms with E-state index in [2.05, 4.69) is 17.1 Å². The first-order valence-corrected chi connectivity index (χ1v) is 7.56. The van der Waals surface area contributed by atoms with E-state index in [1.165, 1.54) is 36.6 Å². The van der Waals surface area contributed by atoms with E-state index < -0.39 is 0 Å². The molecule has 1 aliphatic rings. The minimum atomic E-state index is 0.280. The maximum Gasteiger partial charge on any atom is 0.222 e. The number of aromatic amines is 1. The van der Waals surface area contributed by atoms with Crippen LogP contribution in [0.5, 0.6) is 0 Å². The van der Waals surface area contributed by atoms with Gasteiger partial charge in [-0.3, -0.25) is 4.79 Å².